The summed E-state index contributed by atoms with van der Waals surface area (Å²) in [6.45, 7) is 1.77. The van der Waals surface area contributed by atoms with Crippen LogP contribution < -0.4 is 5.32 Å². The molecule has 0 unspecified atom stereocenters. The van der Waals surface area contributed by atoms with Gasteiger partial charge in [-0.3, -0.25) is 4.79 Å². The van der Waals surface area contributed by atoms with E-state index in [0.29, 0.717) is 17.3 Å². The molecule has 1 heterocycles. The number of amides is 1. The third-order valence-corrected chi connectivity index (χ3v) is 4.55. The summed E-state index contributed by atoms with van der Waals surface area (Å²) < 4.78 is 0.724. The molecule has 0 aliphatic heterocycles. The molecule has 2 N–H and O–H groups in total. The second-order valence-electron chi connectivity index (χ2n) is 4.07. The van der Waals surface area contributed by atoms with Crippen molar-refractivity contribution < 1.29 is 14.7 Å². The van der Waals surface area contributed by atoms with Gasteiger partial charge in [-0.2, -0.15) is 0 Å². The first kappa shape index (κ1) is 15.5. The molecule has 2 aromatic rings. The lowest BCUT2D eigenvalue weighted by Gasteiger charge is -2.00. The highest BCUT2D eigenvalue weighted by atomic mass is 32.2. The smallest absolute Gasteiger partial charge is 0.335 e. The van der Waals surface area contributed by atoms with E-state index in [1.165, 1.54) is 23.1 Å². The third kappa shape index (κ3) is 4.54. The molecule has 6 nitrogen and oxygen atoms in total. The van der Waals surface area contributed by atoms with E-state index >= 15 is 0 Å². The van der Waals surface area contributed by atoms with E-state index in [1.54, 1.807) is 25.1 Å². The Kier molecular flexibility index (Phi) is 5.29. The number of rotatable bonds is 6. The van der Waals surface area contributed by atoms with Gasteiger partial charge in [-0.1, -0.05) is 42.2 Å². The van der Waals surface area contributed by atoms with Gasteiger partial charge in [0.05, 0.1) is 5.56 Å². The Hall–Kier alpha value is -1.93. The van der Waals surface area contributed by atoms with E-state index in [2.05, 4.69) is 15.5 Å². The summed E-state index contributed by atoms with van der Waals surface area (Å²) in [5.41, 5.74) is 1.16. The fraction of sp³-hybridized carbons (Fsp3) is 0.231. The number of thioether (sulfide) groups is 1. The van der Waals surface area contributed by atoms with Gasteiger partial charge in [0.2, 0.25) is 11.0 Å². The number of carboxylic acids is 1. The summed E-state index contributed by atoms with van der Waals surface area (Å²) in [7, 11) is 0. The predicted octanol–water partition coefficient (Wildman–Crippen LogP) is 2.88. The Labute approximate surface area is 129 Å². The second kappa shape index (κ2) is 7.19. The molecule has 8 heteroatoms. The topological polar surface area (TPSA) is 92.2 Å². The number of aromatic nitrogens is 2. The summed E-state index contributed by atoms with van der Waals surface area (Å²) in [6, 6.07) is 6.77. The molecule has 0 fully saturated rings. The highest BCUT2D eigenvalue weighted by Crippen LogP contribution is 2.28. The highest BCUT2D eigenvalue weighted by Gasteiger charge is 2.08. The van der Waals surface area contributed by atoms with Crippen LogP contribution in [-0.4, -0.2) is 27.2 Å². The van der Waals surface area contributed by atoms with Crippen molar-refractivity contribution in [1.29, 1.82) is 0 Å². The molecular formula is C13H13N3O3S2. The van der Waals surface area contributed by atoms with Crippen LogP contribution in [0.3, 0.4) is 0 Å². The maximum Gasteiger partial charge on any atom is 0.335 e. The lowest BCUT2D eigenvalue weighted by molar-refractivity contribution is -0.115. The number of aromatic carboxylic acids is 1. The van der Waals surface area contributed by atoms with Crippen molar-refractivity contribution in [3.8, 4) is 0 Å². The lowest BCUT2D eigenvalue weighted by Crippen LogP contribution is -2.08. The van der Waals surface area contributed by atoms with Crippen molar-refractivity contribution in [1.82, 2.24) is 10.2 Å². The maximum atomic E-state index is 11.2. The maximum absolute atomic E-state index is 11.2. The van der Waals surface area contributed by atoms with Crippen molar-refractivity contribution in [3.63, 3.8) is 0 Å². The molecule has 0 aliphatic carbocycles. The minimum absolute atomic E-state index is 0.100. The zero-order chi connectivity index (χ0) is 15.2. The first-order valence-electron chi connectivity index (χ1n) is 6.17. The molecular weight excluding hydrogens is 310 g/mol. The van der Waals surface area contributed by atoms with E-state index in [1.807, 2.05) is 6.07 Å². The largest absolute Gasteiger partial charge is 0.478 e. The van der Waals surface area contributed by atoms with Crippen LogP contribution in [0.1, 0.15) is 29.3 Å². The monoisotopic (exact) mass is 323 g/mol. The van der Waals surface area contributed by atoms with Crippen molar-refractivity contribution >= 4 is 40.1 Å². The molecule has 0 aliphatic rings. The molecule has 110 valence electrons. The van der Waals surface area contributed by atoms with Gasteiger partial charge < -0.3 is 10.4 Å². The van der Waals surface area contributed by atoms with Crippen LogP contribution in [0.5, 0.6) is 0 Å². The van der Waals surface area contributed by atoms with Gasteiger partial charge in [-0.05, 0) is 17.7 Å². The van der Waals surface area contributed by atoms with Crippen LogP contribution in [0, 0.1) is 0 Å². The number of anilines is 1. The first-order chi connectivity index (χ1) is 10.1. The number of carboxylic acid groups (broad SMARTS) is 1. The van der Waals surface area contributed by atoms with Crippen molar-refractivity contribution in [2.24, 2.45) is 0 Å². The SMILES string of the molecule is CCC(=O)Nc1nnc(SCc2cccc(C(=O)O)c2)s1. The molecule has 0 radical (unpaired) electrons. The third-order valence-electron chi connectivity index (χ3n) is 2.51. The molecule has 0 saturated heterocycles. The van der Waals surface area contributed by atoms with Crippen molar-refractivity contribution in [3.05, 3.63) is 35.4 Å². The van der Waals surface area contributed by atoms with Gasteiger partial charge in [-0.25, -0.2) is 4.79 Å². The van der Waals surface area contributed by atoms with Crippen LogP contribution >= 0.6 is 23.1 Å². The molecule has 1 amide bonds. The Bertz CT molecular complexity index is 658. The summed E-state index contributed by atoms with van der Waals surface area (Å²) in [4.78, 5) is 22.1. The standard InChI is InChI=1S/C13H13N3O3S2/c1-2-10(17)14-12-15-16-13(21-12)20-7-8-4-3-5-9(6-8)11(18)19/h3-6H,2,7H2,1H3,(H,18,19)(H,14,15,17). The Balaban J connectivity index is 1.95. The van der Waals surface area contributed by atoms with E-state index in [-0.39, 0.29) is 11.5 Å². The molecule has 0 spiro atoms. The molecule has 2 rings (SSSR count). The van der Waals surface area contributed by atoms with E-state index in [0.717, 1.165) is 9.90 Å². The van der Waals surface area contributed by atoms with Crippen LogP contribution in [-0.2, 0) is 10.5 Å². The molecule has 1 aromatic heterocycles. The number of nitrogens with one attached hydrogen (secondary N) is 1. The normalized spacial score (nSPS) is 10.3. The number of hydrogen-bond donors (Lipinski definition) is 2. The average molecular weight is 323 g/mol. The zero-order valence-electron chi connectivity index (χ0n) is 11.2. The number of hydrogen-bond acceptors (Lipinski definition) is 6. The van der Waals surface area contributed by atoms with Gasteiger partial charge in [-0.15, -0.1) is 10.2 Å². The summed E-state index contributed by atoms with van der Waals surface area (Å²) in [5.74, 6) is -0.448. The van der Waals surface area contributed by atoms with Crippen molar-refractivity contribution in [2.45, 2.75) is 23.4 Å². The molecule has 0 saturated carbocycles. The molecule has 0 bridgehead atoms. The average Bonchev–Trinajstić information content (AvgIpc) is 2.92. The van der Waals surface area contributed by atoms with Crippen LogP contribution in [0.2, 0.25) is 0 Å². The van der Waals surface area contributed by atoms with E-state index in [4.69, 9.17) is 5.11 Å². The Morgan fingerprint density at radius 2 is 2.19 bits per heavy atom. The lowest BCUT2D eigenvalue weighted by atomic mass is 10.1. The summed E-state index contributed by atoms with van der Waals surface area (Å²) in [5, 5.41) is 19.9. The highest BCUT2D eigenvalue weighted by molar-refractivity contribution is 8.00. The van der Waals surface area contributed by atoms with Crippen LogP contribution in [0.25, 0.3) is 0 Å². The number of nitrogens with zero attached hydrogens (tertiary/aromatic N) is 2. The number of carbonyl (C=O) groups excluding carboxylic acids is 1. The van der Waals surface area contributed by atoms with E-state index < -0.39 is 5.97 Å². The van der Waals surface area contributed by atoms with Gasteiger partial charge in [0.1, 0.15) is 0 Å². The quantitative estimate of drug-likeness (QED) is 0.627. The Morgan fingerprint density at radius 1 is 1.38 bits per heavy atom. The van der Waals surface area contributed by atoms with Gasteiger partial charge in [0.15, 0.2) is 4.34 Å². The van der Waals surface area contributed by atoms with Gasteiger partial charge in [0.25, 0.3) is 0 Å². The van der Waals surface area contributed by atoms with Crippen LogP contribution in [0.15, 0.2) is 28.6 Å². The summed E-state index contributed by atoms with van der Waals surface area (Å²) >= 11 is 2.75. The molecule has 1 aromatic carbocycles. The second-order valence-corrected chi connectivity index (χ2v) is 6.27. The van der Waals surface area contributed by atoms with Crippen molar-refractivity contribution in [2.75, 3.05) is 5.32 Å². The number of benzene rings is 1. The van der Waals surface area contributed by atoms with E-state index in [9.17, 15) is 9.59 Å². The minimum atomic E-state index is -0.942. The Morgan fingerprint density at radius 3 is 2.90 bits per heavy atom. The summed E-state index contributed by atoms with van der Waals surface area (Å²) in [6.07, 6.45) is 0.393. The van der Waals surface area contributed by atoms with Gasteiger partial charge >= 0.3 is 5.97 Å². The number of carbonyl (C=O) groups is 2. The fourth-order valence-corrected chi connectivity index (χ4v) is 3.18. The fourth-order valence-electron chi connectivity index (χ4n) is 1.47. The zero-order valence-corrected chi connectivity index (χ0v) is 12.8. The predicted molar refractivity (Wildman–Crippen MR) is 81.8 cm³/mol. The first-order valence-corrected chi connectivity index (χ1v) is 7.97. The van der Waals surface area contributed by atoms with Gasteiger partial charge in [0, 0.05) is 12.2 Å². The van der Waals surface area contributed by atoms with Crippen LogP contribution in [0.4, 0.5) is 5.13 Å². The minimum Gasteiger partial charge on any atom is -0.478 e. The molecule has 21 heavy (non-hydrogen) atoms. The molecule has 0 atom stereocenters.